The summed E-state index contributed by atoms with van der Waals surface area (Å²) in [5.74, 6) is -2.48. The van der Waals surface area contributed by atoms with E-state index in [-0.39, 0.29) is 6.61 Å². The van der Waals surface area contributed by atoms with Crippen molar-refractivity contribution < 1.29 is 42.9 Å². The topological polar surface area (TPSA) is 114 Å². The van der Waals surface area contributed by atoms with Gasteiger partial charge in [-0.1, -0.05) is 56.5 Å². The van der Waals surface area contributed by atoms with Gasteiger partial charge in [0.1, 0.15) is 18.1 Å². The monoisotopic (exact) mass is 538 g/mol. The summed E-state index contributed by atoms with van der Waals surface area (Å²) in [4.78, 5) is 48.1. The van der Waals surface area contributed by atoms with Gasteiger partial charge in [-0.2, -0.15) is 0 Å². The molecule has 0 amide bonds. The highest BCUT2D eigenvalue weighted by Crippen LogP contribution is 2.37. The molecule has 9 nitrogen and oxygen atoms in total. The van der Waals surface area contributed by atoms with Crippen molar-refractivity contribution in [2.24, 2.45) is 0 Å². The molecule has 0 spiro atoms. The average molecular weight is 539 g/mol. The molecule has 5 atom stereocenters. The first-order valence-electron chi connectivity index (χ1n) is 12.7. The number of hydrogen-bond donors (Lipinski definition) is 0. The molecule has 1 aliphatic heterocycles. The average Bonchev–Trinajstić information content (AvgIpc) is 2.81. The molecule has 1 unspecified atom stereocenters. The highest BCUT2D eigenvalue weighted by molar-refractivity contribution is 7.99. The number of unbranched alkanes of at least 4 members (excludes halogenated alkanes) is 4. The fourth-order valence-electron chi connectivity index (χ4n) is 4.09. The molecule has 10 heteroatoms. The lowest BCUT2D eigenvalue weighted by Crippen LogP contribution is -2.61. The van der Waals surface area contributed by atoms with Gasteiger partial charge in [-0.05, 0) is 30.5 Å². The standard InChI is InChI=1S/C27H38O9S/c1-6-7-8-9-10-11-21-12-14-22(15-13-21)37-27-26(35-20(5)31)25(34-19(4)30)24(33-18(3)29)23(36-27)16-32-17(2)28/h12-15,23-27H,6-11,16H2,1-5H3/t23-,24-,25+,26-,27?/m1/s1. The summed E-state index contributed by atoms with van der Waals surface area (Å²) in [6.45, 7) is 6.82. The van der Waals surface area contributed by atoms with Gasteiger partial charge in [0.15, 0.2) is 18.3 Å². The summed E-state index contributed by atoms with van der Waals surface area (Å²) >= 11 is 1.28. The summed E-state index contributed by atoms with van der Waals surface area (Å²) in [6.07, 6.45) is 2.68. The molecule has 0 N–H and O–H groups in total. The lowest BCUT2D eigenvalue weighted by Gasteiger charge is -2.44. The van der Waals surface area contributed by atoms with E-state index in [2.05, 4.69) is 6.92 Å². The third-order valence-electron chi connectivity index (χ3n) is 5.69. The minimum Gasteiger partial charge on any atom is -0.463 e. The SMILES string of the molecule is CCCCCCCc1ccc(SC2O[C@H](COC(C)=O)[C@@H](OC(C)=O)[C@H](OC(C)=O)[C@H]2OC(C)=O)cc1. The van der Waals surface area contributed by atoms with Gasteiger partial charge < -0.3 is 23.7 Å². The smallest absolute Gasteiger partial charge is 0.303 e. The van der Waals surface area contributed by atoms with Crippen LogP contribution in [0.2, 0.25) is 0 Å². The summed E-state index contributed by atoms with van der Waals surface area (Å²) in [7, 11) is 0. The maximum Gasteiger partial charge on any atom is 0.303 e. The van der Waals surface area contributed by atoms with Crippen molar-refractivity contribution in [3.63, 3.8) is 0 Å². The van der Waals surface area contributed by atoms with Crippen molar-refractivity contribution >= 4 is 35.6 Å². The lowest BCUT2D eigenvalue weighted by molar-refractivity contribution is -0.237. The van der Waals surface area contributed by atoms with Crippen LogP contribution in [0.4, 0.5) is 0 Å². The number of hydrogen-bond acceptors (Lipinski definition) is 10. The summed E-state index contributed by atoms with van der Waals surface area (Å²) in [5, 5.41) is 0. The molecule has 1 saturated heterocycles. The quantitative estimate of drug-likeness (QED) is 0.204. The number of carbonyl (C=O) groups excluding carboxylic acids is 4. The van der Waals surface area contributed by atoms with Crippen LogP contribution in [0.5, 0.6) is 0 Å². The van der Waals surface area contributed by atoms with Crippen LogP contribution < -0.4 is 0 Å². The Hall–Kier alpha value is -2.59. The van der Waals surface area contributed by atoms with Crippen molar-refractivity contribution in [2.45, 2.75) is 108 Å². The van der Waals surface area contributed by atoms with E-state index in [1.807, 2.05) is 24.3 Å². The summed E-state index contributed by atoms with van der Waals surface area (Å²) in [6, 6.07) is 8.02. The lowest BCUT2D eigenvalue weighted by atomic mass is 9.99. The second-order valence-electron chi connectivity index (χ2n) is 8.99. The largest absolute Gasteiger partial charge is 0.463 e. The van der Waals surface area contributed by atoms with E-state index < -0.39 is 53.7 Å². The fraction of sp³-hybridized carbons (Fsp3) is 0.630. The van der Waals surface area contributed by atoms with E-state index in [0.717, 1.165) is 17.7 Å². The van der Waals surface area contributed by atoms with Gasteiger partial charge in [-0.15, -0.1) is 0 Å². The molecule has 0 radical (unpaired) electrons. The third kappa shape index (κ3) is 10.7. The number of esters is 4. The van der Waals surface area contributed by atoms with Gasteiger partial charge in [0.25, 0.3) is 0 Å². The van der Waals surface area contributed by atoms with E-state index >= 15 is 0 Å². The molecule has 0 aromatic heterocycles. The molecule has 0 saturated carbocycles. The number of ether oxygens (including phenoxy) is 5. The first kappa shape index (κ1) is 30.6. The van der Waals surface area contributed by atoms with Crippen LogP contribution in [-0.4, -0.2) is 60.3 Å². The molecular formula is C27H38O9S. The highest BCUT2D eigenvalue weighted by atomic mass is 32.2. The number of rotatable bonds is 13. The molecule has 1 heterocycles. The van der Waals surface area contributed by atoms with Crippen molar-refractivity contribution in [2.75, 3.05) is 6.61 Å². The van der Waals surface area contributed by atoms with Gasteiger partial charge in [0.05, 0.1) is 0 Å². The second-order valence-corrected chi connectivity index (χ2v) is 10.2. The number of aryl methyl sites for hydroxylation is 1. The van der Waals surface area contributed by atoms with Gasteiger partial charge in [-0.3, -0.25) is 19.2 Å². The molecule has 2 rings (SSSR count). The normalized spacial score (nSPS) is 23.1. The Balaban J connectivity index is 2.26. The summed E-state index contributed by atoms with van der Waals surface area (Å²) in [5.41, 5.74) is 0.392. The summed E-state index contributed by atoms with van der Waals surface area (Å²) < 4.78 is 27.7. The van der Waals surface area contributed by atoms with Gasteiger partial charge in [0, 0.05) is 32.6 Å². The zero-order valence-corrected chi connectivity index (χ0v) is 23.0. The van der Waals surface area contributed by atoms with Gasteiger partial charge >= 0.3 is 23.9 Å². The van der Waals surface area contributed by atoms with Crippen molar-refractivity contribution in [3.8, 4) is 0 Å². The third-order valence-corrected chi connectivity index (χ3v) is 6.85. The van der Waals surface area contributed by atoms with E-state index in [4.69, 9.17) is 23.7 Å². The number of thioether (sulfide) groups is 1. The number of benzene rings is 1. The van der Waals surface area contributed by atoms with Crippen LogP contribution in [0, 0.1) is 0 Å². The Morgan fingerprint density at radius 3 is 1.89 bits per heavy atom. The molecule has 0 aliphatic carbocycles. The highest BCUT2D eigenvalue weighted by Gasteiger charge is 2.52. The maximum absolute atomic E-state index is 12.0. The minimum absolute atomic E-state index is 0.244. The maximum atomic E-state index is 12.0. The van der Waals surface area contributed by atoms with Crippen LogP contribution in [0.3, 0.4) is 0 Å². The molecule has 206 valence electrons. The Morgan fingerprint density at radius 1 is 0.757 bits per heavy atom. The zero-order valence-electron chi connectivity index (χ0n) is 22.2. The van der Waals surface area contributed by atoms with Crippen LogP contribution in [0.1, 0.15) is 72.3 Å². The Bertz CT molecular complexity index is 902. The molecule has 1 aromatic carbocycles. The predicted octanol–water partition coefficient (Wildman–Crippen LogP) is 4.37. The predicted molar refractivity (Wildman–Crippen MR) is 137 cm³/mol. The van der Waals surface area contributed by atoms with Gasteiger partial charge in [-0.25, -0.2) is 0 Å². The van der Waals surface area contributed by atoms with Crippen LogP contribution >= 0.6 is 11.8 Å². The van der Waals surface area contributed by atoms with E-state index in [9.17, 15) is 19.2 Å². The van der Waals surface area contributed by atoms with Gasteiger partial charge in [0.2, 0.25) is 0 Å². The molecular weight excluding hydrogens is 500 g/mol. The fourth-order valence-corrected chi connectivity index (χ4v) is 5.19. The Morgan fingerprint density at radius 2 is 1.32 bits per heavy atom. The van der Waals surface area contributed by atoms with Crippen molar-refractivity contribution in [1.29, 1.82) is 0 Å². The van der Waals surface area contributed by atoms with E-state index in [1.165, 1.54) is 70.7 Å². The second kappa shape index (κ2) is 15.6. The van der Waals surface area contributed by atoms with Crippen LogP contribution in [-0.2, 0) is 49.3 Å². The van der Waals surface area contributed by atoms with E-state index in [1.54, 1.807) is 0 Å². The first-order valence-corrected chi connectivity index (χ1v) is 13.5. The first-order chi connectivity index (χ1) is 17.6. The molecule has 37 heavy (non-hydrogen) atoms. The van der Waals surface area contributed by atoms with Crippen LogP contribution in [0.15, 0.2) is 29.2 Å². The number of carbonyl (C=O) groups is 4. The molecule has 1 fully saturated rings. The Kier molecular flexibility index (Phi) is 12.9. The molecule has 1 aliphatic rings. The van der Waals surface area contributed by atoms with Crippen molar-refractivity contribution in [1.82, 2.24) is 0 Å². The zero-order chi connectivity index (χ0) is 27.4. The van der Waals surface area contributed by atoms with Crippen LogP contribution in [0.25, 0.3) is 0 Å². The molecule has 1 aromatic rings. The van der Waals surface area contributed by atoms with Crippen molar-refractivity contribution in [3.05, 3.63) is 29.8 Å². The molecule has 0 bridgehead atoms. The Labute approximate surface area is 222 Å². The van der Waals surface area contributed by atoms with E-state index in [0.29, 0.717) is 0 Å². The minimum atomic E-state index is -1.17.